The second-order valence-corrected chi connectivity index (χ2v) is 8.54. The molecular weight excluding hydrogens is 442 g/mol. The Kier molecular flexibility index (Phi) is 7.00. The van der Waals surface area contributed by atoms with Gasteiger partial charge in [-0.1, -0.05) is 23.2 Å². The van der Waals surface area contributed by atoms with Crippen molar-refractivity contribution in [3.8, 4) is 5.75 Å². The molecule has 1 heterocycles. The number of benzene rings is 2. The highest BCUT2D eigenvalue weighted by Crippen LogP contribution is 2.24. The minimum Gasteiger partial charge on any atom is -0.492 e. The molecule has 5 nitrogen and oxygen atoms in total. The summed E-state index contributed by atoms with van der Waals surface area (Å²) < 4.78 is 24.6. The van der Waals surface area contributed by atoms with Gasteiger partial charge in [0.1, 0.15) is 23.8 Å². The van der Waals surface area contributed by atoms with Crippen LogP contribution in [0.1, 0.15) is 36.2 Å². The smallest absolute Gasteiger partial charge is 0.287 e. The minimum absolute atomic E-state index is 0.0824. The average molecular weight is 465 g/mol. The van der Waals surface area contributed by atoms with Crippen molar-refractivity contribution in [3.05, 3.63) is 64.1 Å². The molecule has 8 heteroatoms. The molecule has 0 unspecified atom stereocenters. The third-order valence-electron chi connectivity index (χ3n) is 5.46. The highest BCUT2D eigenvalue weighted by molar-refractivity contribution is 6.31. The van der Waals surface area contributed by atoms with Crippen LogP contribution >= 0.6 is 23.2 Å². The molecule has 2 aromatic carbocycles. The zero-order valence-electron chi connectivity index (χ0n) is 16.8. The van der Waals surface area contributed by atoms with E-state index in [2.05, 4.69) is 10.6 Å². The predicted octanol–water partition coefficient (Wildman–Crippen LogP) is 5.59. The summed E-state index contributed by atoms with van der Waals surface area (Å²) in [5.74, 6) is 0.0718. The Morgan fingerprint density at radius 2 is 1.84 bits per heavy atom. The summed E-state index contributed by atoms with van der Waals surface area (Å²) in [6, 6.07) is 11.9. The van der Waals surface area contributed by atoms with Gasteiger partial charge in [-0.25, -0.2) is 4.39 Å². The number of hydrogen-bond acceptors (Lipinski definition) is 4. The Morgan fingerprint density at radius 1 is 1.06 bits per heavy atom. The number of rotatable bonds is 7. The van der Waals surface area contributed by atoms with Crippen LogP contribution in [0.15, 0.2) is 46.9 Å². The summed E-state index contributed by atoms with van der Waals surface area (Å²) in [6.45, 7) is 1.10. The first-order chi connectivity index (χ1) is 15.0. The molecule has 0 bridgehead atoms. The summed E-state index contributed by atoms with van der Waals surface area (Å²) >= 11 is 11.7. The lowest BCUT2D eigenvalue weighted by Gasteiger charge is -2.29. The van der Waals surface area contributed by atoms with Crippen molar-refractivity contribution in [3.63, 3.8) is 0 Å². The third-order valence-corrected chi connectivity index (χ3v) is 6.00. The van der Waals surface area contributed by atoms with Gasteiger partial charge < -0.3 is 19.8 Å². The Bertz CT molecular complexity index is 1060. The van der Waals surface area contributed by atoms with Gasteiger partial charge in [-0.2, -0.15) is 0 Å². The second-order valence-electron chi connectivity index (χ2n) is 7.69. The largest absolute Gasteiger partial charge is 0.492 e. The van der Waals surface area contributed by atoms with Gasteiger partial charge in [0.05, 0.1) is 5.02 Å². The summed E-state index contributed by atoms with van der Waals surface area (Å²) in [7, 11) is 0. The molecule has 1 aliphatic carbocycles. The van der Waals surface area contributed by atoms with Gasteiger partial charge in [0.2, 0.25) is 0 Å². The van der Waals surface area contributed by atoms with E-state index in [1.807, 2.05) is 0 Å². The molecule has 1 aromatic heterocycles. The molecule has 1 fully saturated rings. The quantitative estimate of drug-likeness (QED) is 0.447. The van der Waals surface area contributed by atoms with Gasteiger partial charge in [0.15, 0.2) is 5.76 Å². The highest BCUT2D eigenvalue weighted by atomic mass is 35.5. The number of carbonyl (C=O) groups excluding carboxylic acids is 1. The monoisotopic (exact) mass is 464 g/mol. The molecule has 3 aromatic rings. The van der Waals surface area contributed by atoms with Crippen molar-refractivity contribution in [2.45, 2.75) is 37.8 Å². The number of fused-ring (bicyclic) bond motifs is 1. The van der Waals surface area contributed by atoms with Crippen LogP contribution in [-0.2, 0) is 0 Å². The molecule has 2 N–H and O–H groups in total. The number of hydrogen-bond donors (Lipinski definition) is 2. The fourth-order valence-electron chi connectivity index (χ4n) is 3.82. The maximum atomic E-state index is 13.4. The van der Waals surface area contributed by atoms with Crippen LogP contribution in [0.5, 0.6) is 5.75 Å². The number of furan rings is 1. The van der Waals surface area contributed by atoms with Crippen LogP contribution in [0.2, 0.25) is 10.0 Å². The maximum absolute atomic E-state index is 13.4. The number of halogens is 3. The fraction of sp³-hybridized carbons (Fsp3) is 0.348. The van der Waals surface area contributed by atoms with E-state index >= 15 is 0 Å². The van der Waals surface area contributed by atoms with Gasteiger partial charge in [0.25, 0.3) is 5.91 Å². The van der Waals surface area contributed by atoms with Crippen molar-refractivity contribution in [1.29, 1.82) is 0 Å². The summed E-state index contributed by atoms with van der Waals surface area (Å²) in [5.41, 5.74) is 0.644. The Labute approximate surface area is 189 Å². The minimum atomic E-state index is -0.487. The van der Waals surface area contributed by atoms with E-state index in [4.69, 9.17) is 32.4 Å². The second kappa shape index (κ2) is 9.90. The van der Waals surface area contributed by atoms with Crippen LogP contribution in [0.4, 0.5) is 4.39 Å². The van der Waals surface area contributed by atoms with Crippen LogP contribution in [-0.4, -0.2) is 31.1 Å². The molecule has 0 aliphatic heterocycles. The van der Waals surface area contributed by atoms with Crippen molar-refractivity contribution < 1.29 is 18.3 Å². The van der Waals surface area contributed by atoms with Crippen LogP contribution in [0.3, 0.4) is 0 Å². The standard InChI is InChI=1S/C23H23Cl2FN2O3/c24-15-1-8-21-14(11-15)12-22(31-21)23(29)28-17-4-2-16(3-5-17)27-9-10-30-18-6-7-19(25)20(26)13-18/h1,6-8,11-13,16-17,27H,2-5,9-10H2,(H,28,29)/t16-,17+. The van der Waals surface area contributed by atoms with Gasteiger partial charge in [-0.15, -0.1) is 0 Å². The number of amides is 1. The maximum Gasteiger partial charge on any atom is 0.287 e. The molecule has 4 rings (SSSR count). The predicted molar refractivity (Wildman–Crippen MR) is 120 cm³/mol. The summed E-state index contributed by atoms with van der Waals surface area (Å²) in [6.07, 6.45) is 3.68. The van der Waals surface area contributed by atoms with E-state index in [0.29, 0.717) is 41.3 Å². The molecule has 1 saturated carbocycles. The summed E-state index contributed by atoms with van der Waals surface area (Å²) in [4.78, 5) is 12.5. The third kappa shape index (κ3) is 5.70. The molecule has 31 heavy (non-hydrogen) atoms. The van der Waals surface area contributed by atoms with Gasteiger partial charge in [0, 0.05) is 35.1 Å². The number of ether oxygens (including phenoxy) is 1. The number of carbonyl (C=O) groups is 1. The first kappa shape index (κ1) is 21.9. The molecule has 1 amide bonds. The topological polar surface area (TPSA) is 63.5 Å². The van der Waals surface area contributed by atoms with Crippen LogP contribution < -0.4 is 15.4 Å². The van der Waals surface area contributed by atoms with E-state index in [1.165, 1.54) is 12.1 Å². The van der Waals surface area contributed by atoms with Crippen molar-refractivity contribution in [1.82, 2.24) is 10.6 Å². The van der Waals surface area contributed by atoms with Crippen LogP contribution in [0.25, 0.3) is 11.0 Å². The van der Waals surface area contributed by atoms with Gasteiger partial charge in [-0.3, -0.25) is 4.79 Å². The lowest BCUT2D eigenvalue weighted by Crippen LogP contribution is -2.42. The Hall–Kier alpha value is -2.28. The first-order valence-corrected chi connectivity index (χ1v) is 11.0. The average Bonchev–Trinajstić information content (AvgIpc) is 3.18. The van der Waals surface area contributed by atoms with Gasteiger partial charge in [-0.05, 0) is 62.1 Å². The molecular formula is C23H23Cl2FN2O3. The first-order valence-electron chi connectivity index (χ1n) is 10.3. The molecule has 0 saturated heterocycles. The van der Waals surface area contributed by atoms with Crippen LogP contribution in [0, 0.1) is 5.82 Å². The zero-order valence-corrected chi connectivity index (χ0v) is 18.3. The summed E-state index contributed by atoms with van der Waals surface area (Å²) in [5, 5.41) is 8.03. The molecule has 0 radical (unpaired) electrons. The van der Waals surface area contributed by atoms with E-state index < -0.39 is 5.82 Å². The molecule has 0 spiro atoms. The fourth-order valence-corrected chi connectivity index (χ4v) is 4.12. The van der Waals surface area contributed by atoms with E-state index in [0.717, 1.165) is 31.1 Å². The molecule has 0 atom stereocenters. The van der Waals surface area contributed by atoms with E-state index in [9.17, 15) is 9.18 Å². The normalized spacial score (nSPS) is 18.8. The van der Waals surface area contributed by atoms with E-state index in [1.54, 1.807) is 30.3 Å². The Morgan fingerprint density at radius 3 is 2.61 bits per heavy atom. The molecule has 164 valence electrons. The van der Waals surface area contributed by atoms with Crippen molar-refractivity contribution in [2.24, 2.45) is 0 Å². The molecule has 1 aliphatic rings. The SMILES string of the molecule is O=C(N[C@H]1CC[C@@H](NCCOc2ccc(Cl)c(F)c2)CC1)c1cc2cc(Cl)ccc2o1. The van der Waals surface area contributed by atoms with Crippen molar-refractivity contribution >= 4 is 40.1 Å². The van der Waals surface area contributed by atoms with Crippen molar-refractivity contribution in [2.75, 3.05) is 13.2 Å². The zero-order chi connectivity index (χ0) is 21.8. The highest BCUT2D eigenvalue weighted by Gasteiger charge is 2.23. The van der Waals surface area contributed by atoms with E-state index in [-0.39, 0.29) is 17.0 Å². The van der Waals surface area contributed by atoms with Gasteiger partial charge >= 0.3 is 0 Å². The Balaban J connectivity index is 1.18. The lowest BCUT2D eigenvalue weighted by atomic mass is 9.91. The lowest BCUT2D eigenvalue weighted by molar-refractivity contribution is 0.0898. The number of nitrogens with one attached hydrogen (secondary N) is 2.